The van der Waals surface area contributed by atoms with Gasteiger partial charge in [0.25, 0.3) is 5.91 Å². The van der Waals surface area contributed by atoms with E-state index in [-0.39, 0.29) is 18.0 Å². The lowest BCUT2D eigenvalue weighted by molar-refractivity contribution is -0.123. The molecule has 2 aromatic rings. The zero-order valence-corrected chi connectivity index (χ0v) is 21.0. The van der Waals surface area contributed by atoms with Crippen molar-refractivity contribution in [3.05, 3.63) is 69.4 Å². The van der Waals surface area contributed by atoms with Gasteiger partial charge in [0.2, 0.25) is 0 Å². The lowest BCUT2D eigenvalue weighted by Crippen LogP contribution is -2.51. The number of carbonyl (C=O) groups excluding carboxylic acids is 2. The molecule has 5 nitrogen and oxygen atoms in total. The summed E-state index contributed by atoms with van der Waals surface area (Å²) >= 11 is 5.94. The minimum atomic E-state index is -0.405. The largest absolute Gasteiger partial charge is 0.364 e. The first-order valence-corrected chi connectivity index (χ1v) is 11.9. The zero-order chi connectivity index (χ0) is 24.1. The van der Waals surface area contributed by atoms with E-state index < -0.39 is 6.03 Å². The average molecular weight is 466 g/mol. The number of aryl methyl sites for hydroxylation is 1. The van der Waals surface area contributed by atoms with Crippen molar-refractivity contribution in [2.75, 3.05) is 4.90 Å². The molecule has 0 bridgehead atoms. The van der Waals surface area contributed by atoms with Gasteiger partial charge in [-0.05, 0) is 99.6 Å². The molecule has 0 spiro atoms. The Kier molecular flexibility index (Phi) is 6.04. The normalized spacial score (nSPS) is 21.1. The fraction of sp³-hybridized carbons (Fsp3) is 0.407. The third-order valence-corrected chi connectivity index (χ3v) is 6.95. The van der Waals surface area contributed by atoms with Gasteiger partial charge in [-0.25, -0.2) is 4.79 Å². The number of rotatable bonds is 4. The topological polar surface area (TPSA) is 52.7 Å². The van der Waals surface area contributed by atoms with Crippen LogP contribution in [0.1, 0.15) is 69.2 Å². The van der Waals surface area contributed by atoms with Crippen LogP contribution < -0.4 is 10.2 Å². The molecule has 2 aromatic carbocycles. The minimum Gasteiger partial charge on any atom is -0.364 e. The van der Waals surface area contributed by atoms with E-state index in [2.05, 4.69) is 63.9 Å². The van der Waals surface area contributed by atoms with E-state index in [1.807, 2.05) is 18.2 Å². The highest BCUT2D eigenvalue weighted by Gasteiger charge is 2.38. The molecule has 1 saturated heterocycles. The lowest BCUT2D eigenvalue weighted by Gasteiger charge is -2.50. The summed E-state index contributed by atoms with van der Waals surface area (Å²) in [6, 6.07) is 11.5. The average Bonchev–Trinajstić information content (AvgIpc) is 2.97. The van der Waals surface area contributed by atoms with Crippen LogP contribution in [0.4, 0.5) is 10.5 Å². The summed E-state index contributed by atoms with van der Waals surface area (Å²) in [4.78, 5) is 29.3. The molecule has 4 rings (SSSR count). The predicted octanol–water partition coefficient (Wildman–Crippen LogP) is 6.24. The number of halogens is 1. The summed E-state index contributed by atoms with van der Waals surface area (Å²) in [5.41, 5.74) is 5.82. The number of hydrogen-bond acceptors (Lipinski definition) is 3. The fourth-order valence-corrected chi connectivity index (χ4v) is 5.52. The molecule has 1 atom stereocenters. The second-order valence-corrected chi connectivity index (χ2v) is 10.6. The van der Waals surface area contributed by atoms with Crippen LogP contribution >= 0.6 is 11.6 Å². The van der Waals surface area contributed by atoms with E-state index >= 15 is 0 Å². The number of hydrogen-bond donors (Lipinski definition) is 1. The molecule has 3 amide bonds. The second-order valence-electron chi connectivity index (χ2n) is 10.2. The van der Waals surface area contributed by atoms with Crippen LogP contribution in [0.5, 0.6) is 0 Å². The Bertz CT molecular complexity index is 1130. The lowest BCUT2D eigenvalue weighted by atomic mass is 9.78. The Labute approximate surface area is 201 Å². The number of anilines is 1. The van der Waals surface area contributed by atoms with Gasteiger partial charge < -0.3 is 10.2 Å². The predicted molar refractivity (Wildman–Crippen MR) is 134 cm³/mol. The van der Waals surface area contributed by atoms with Gasteiger partial charge in [-0.3, -0.25) is 9.69 Å². The van der Waals surface area contributed by atoms with Crippen molar-refractivity contribution < 1.29 is 9.59 Å². The number of amides is 3. The van der Waals surface area contributed by atoms with Gasteiger partial charge in [0, 0.05) is 22.3 Å². The number of fused-ring (bicyclic) bond motifs is 1. The molecule has 33 heavy (non-hydrogen) atoms. The highest BCUT2D eigenvalue weighted by atomic mass is 35.5. The highest BCUT2D eigenvalue weighted by Crippen LogP contribution is 2.45. The molecule has 174 valence electrons. The molecule has 0 aliphatic carbocycles. The van der Waals surface area contributed by atoms with Crippen LogP contribution in [0, 0.1) is 6.92 Å². The smallest absolute Gasteiger partial charge is 0.329 e. The standard InChI is InChI=1S/C27H32ClN3O2/c1-16(2)31-24-11-17(3)20(12-22(24)18(4)14-27(31,5)6)13-23-25(32)30(26(33)29-23)15-19-7-9-21(28)10-8-19/h7-13,16,18H,14-15H2,1-6H3,(H,29,33)/b23-13-. The molecule has 2 aliphatic rings. The summed E-state index contributed by atoms with van der Waals surface area (Å²) in [6.45, 7) is 13.6. The first-order valence-electron chi connectivity index (χ1n) is 11.5. The van der Waals surface area contributed by atoms with E-state index in [1.165, 1.54) is 16.2 Å². The van der Waals surface area contributed by atoms with E-state index in [9.17, 15) is 9.59 Å². The highest BCUT2D eigenvalue weighted by molar-refractivity contribution is 6.30. The van der Waals surface area contributed by atoms with Crippen molar-refractivity contribution in [1.29, 1.82) is 0 Å². The summed E-state index contributed by atoms with van der Waals surface area (Å²) in [6.07, 6.45) is 2.87. The second kappa shape index (κ2) is 8.53. The van der Waals surface area contributed by atoms with E-state index in [0.29, 0.717) is 22.7 Å². The number of benzene rings is 2. The van der Waals surface area contributed by atoms with Gasteiger partial charge in [0.15, 0.2) is 0 Å². The summed E-state index contributed by atoms with van der Waals surface area (Å²) in [7, 11) is 0. The molecule has 6 heteroatoms. The summed E-state index contributed by atoms with van der Waals surface area (Å²) in [5.74, 6) is 0.0862. The first-order chi connectivity index (χ1) is 15.5. The van der Waals surface area contributed by atoms with Gasteiger partial charge in [0.05, 0.1) is 6.54 Å². The number of nitrogens with one attached hydrogen (secondary N) is 1. The molecule has 1 fully saturated rings. The molecule has 0 radical (unpaired) electrons. The number of carbonyl (C=O) groups is 2. The van der Waals surface area contributed by atoms with Crippen LogP contribution in [0.25, 0.3) is 6.08 Å². The van der Waals surface area contributed by atoms with Gasteiger partial charge in [-0.1, -0.05) is 30.7 Å². The molecular formula is C27H32ClN3O2. The van der Waals surface area contributed by atoms with Crippen molar-refractivity contribution >= 4 is 35.3 Å². The number of urea groups is 1. The van der Waals surface area contributed by atoms with Crippen molar-refractivity contribution in [1.82, 2.24) is 10.2 Å². The van der Waals surface area contributed by atoms with Gasteiger partial charge in [-0.15, -0.1) is 0 Å². The Balaban J connectivity index is 1.66. The van der Waals surface area contributed by atoms with Crippen LogP contribution in [-0.4, -0.2) is 28.4 Å². The molecule has 2 aliphatic heterocycles. The Morgan fingerprint density at radius 1 is 1.18 bits per heavy atom. The van der Waals surface area contributed by atoms with Crippen molar-refractivity contribution in [3.8, 4) is 0 Å². The maximum absolute atomic E-state index is 13.0. The maximum Gasteiger partial charge on any atom is 0.329 e. The van der Waals surface area contributed by atoms with E-state index in [1.54, 1.807) is 12.1 Å². The maximum atomic E-state index is 13.0. The van der Waals surface area contributed by atoms with Crippen LogP contribution in [0.3, 0.4) is 0 Å². The van der Waals surface area contributed by atoms with Gasteiger partial charge in [-0.2, -0.15) is 0 Å². The molecule has 0 aromatic heterocycles. The van der Waals surface area contributed by atoms with Crippen LogP contribution in [0.15, 0.2) is 42.1 Å². The van der Waals surface area contributed by atoms with E-state index in [4.69, 9.17) is 11.6 Å². The minimum absolute atomic E-state index is 0.0740. The summed E-state index contributed by atoms with van der Waals surface area (Å²) in [5, 5.41) is 3.37. The Morgan fingerprint density at radius 2 is 1.85 bits per heavy atom. The SMILES string of the molecule is Cc1cc2c(cc1/C=C1\NC(=O)N(Cc3ccc(Cl)cc3)C1=O)C(C)CC(C)(C)N2C(C)C. The molecule has 1 N–H and O–H groups in total. The summed E-state index contributed by atoms with van der Waals surface area (Å²) < 4.78 is 0. The number of nitrogens with zero attached hydrogens (tertiary/aromatic N) is 2. The van der Waals surface area contributed by atoms with Gasteiger partial charge >= 0.3 is 6.03 Å². The quantitative estimate of drug-likeness (QED) is 0.429. The molecular weight excluding hydrogens is 434 g/mol. The first kappa shape index (κ1) is 23.4. The number of imide groups is 1. The third-order valence-electron chi connectivity index (χ3n) is 6.70. The molecule has 2 heterocycles. The van der Waals surface area contributed by atoms with Crippen LogP contribution in [0.2, 0.25) is 5.02 Å². The van der Waals surface area contributed by atoms with Gasteiger partial charge in [0.1, 0.15) is 5.70 Å². The van der Waals surface area contributed by atoms with Crippen LogP contribution in [-0.2, 0) is 11.3 Å². The Hall–Kier alpha value is -2.79. The Morgan fingerprint density at radius 3 is 2.48 bits per heavy atom. The molecule has 0 saturated carbocycles. The molecule has 1 unspecified atom stereocenters. The monoisotopic (exact) mass is 465 g/mol. The van der Waals surface area contributed by atoms with Crippen molar-refractivity contribution in [2.45, 2.75) is 72.0 Å². The van der Waals surface area contributed by atoms with Crippen molar-refractivity contribution in [2.24, 2.45) is 0 Å². The van der Waals surface area contributed by atoms with Crippen molar-refractivity contribution in [3.63, 3.8) is 0 Å². The fourth-order valence-electron chi connectivity index (χ4n) is 5.39. The third kappa shape index (κ3) is 4.39. The van der Waals surface area contributed by atoms with E-state index in [0.717, 1.165) is 23.1 Å². The zero-order valence-electron chi connectivity index (χ0n) is 20.2.